The molecule has 2 aliphatic rings. The first-order valence-corrected chi connectivity index (χ1v) is 11.8. The van der Waals surface area contributed by atoms with E-state index in [1.807, 2.05) is 40.1 Å². The second-order valence-electron chi connectivity index (χ2n) is 8.83. The molecule has 0 saturated carbocycles. The molecule has 3 aromatic rings. The third-order valence-electron chi connectivity index (χ3n) is 6.69. The van der Waals surface area contributed by atoms with Gasteiger partial charge in [0.25, 0.3) is 0 Å². The van der Waals surface area contributed by atoms with Crippen LogP contribution in [0.15, 0.2) is 59.1 Å². The van der Waals surface area contributed by atoms with Crippen LogP contribution >= 0.6 is 0 Å². The maximum atomic E-state index is 13.4. The number of carbonyl (C=O) groups is 1. The summed E-state index contributed by atoms with van der Waals surface area (Å²) in [5.41, 5.74) is 3.49. The smallest absolute Gasteiger partial charge is 0.320 e. The molecule has 2 aliphatic heterocycles. The minimum Gasteiger partial charge on any atom is -0.378 e. The molecule has 3 heterocycles. The van der Waals surface area contributed by atoms with Gasteiger partial charge >= 0.3 is 6.03 Å². The van der Waals surface area contributed by atoms with Gasteiger partial charge < -0.3 is 19.1 Å². The Balaban J connectivity index is 1.41. The maximum absolute atomic E-state index is 13.4. The van der Waals surface area contributed by atoms with Gasteiger partial charge in [-0.1, -0.05) is 66.7 Å². The van der Waals surface area contributed by atoms with E-state index in [2.05, 4.69) is 36.3 Å². The molecule has 2 amide bonds. The van der Waals surface area contributed by atoms with E-state index >= 15 is 0 Å². The van der Waals surface area contributed by atoms with Crippen molar-refractivity contribution in [2.24, 2.45) is 0 Å². The Bertz CT molecular complexity index is 1060. The highest BCUT2D eigenvalue weighted by Crippen LogP contribution is 2.36. The summed E-state index contributed by atoms with van der Waals surface area (Å²) in [7, 11) is 0. The number of rotatable bonds is 4. The Morgan fingerprint density at radius 3 is 2.42 bits per heavy atom. The largest absolute Gasteiger partial charge is 0.378 e. The predicted molar refractivity (Wildman–Crippen MR) is 125 cm³/mol. The summed E-state index contributed by atoms with van der Waals surface area (Å²) in [6.45, 7) is 5.88. The number of benzene rings is 2. The number of ether oxygens (including phenoxy) is 1. The molecule has 2 saturated heterocycles. The molecule has 0 spiro atoms. The van der Waals surface area contributed by atoms with E-state index in [0.717, 1.165) is 18.4 Å². The van der Waals surface area contributed by atoms with Crippen LogP contribution in [0.4, 0.5) is 4.79 Å². The van der Waals surface area contributed by atoms with E-state index in [9.17, 15) is 4.79 Å². The van der Waals surface area contributed by atoms with Crippen LogP contribution in [0.1, 0.15) is 42.2 Å². The maximum Gasteiger partial charge on any atom is 0.320 e. The van der Waals surface area contributed by atoms with Crippen molar-refractivity contribution in [1.29, 1.82) is 0 Å². The molecule has 1 aromatic heterocycles. The van der Waals surface area contributed by atoms with Crippen LogP contribution in [0.2, 0.25) is 0 Å². The van der Waals surface area contributed by atoms with Crippen molar-refractivity contribution in [2.45, 2.75) is 31.6 Å². The predicted octanol–water partition coefficient (Wildman–Crippen LogP) is 4.32. The van der Waals surface area contributed by atoms with Gasteiger partial charge in [0, 0.05) is 37.7 Å². The molecule has 0 bridgehead atoms. The molecule has 7 heteroatoms. The van der Waals surface area contributed by atoms with Crippen LogP contribution in [0, 0.1) is 0 Å². The summed E-state index contributed by atoms with van der Waals surface area (Å²) in [4.78, 5) is 21.9. The molecular formula is C26H30N4O3. The first-order valence-electron chi connectivity index (χ1n) is 11.8. The second-order valence-corrected chi connectivity index (χ2v) is 8.83. The van der Waals surface area contributed by atoms with Crippen molar-refractivity contribution in [3.8, 4) is 11.4 Å². The third kappa shape index (κ3) is 4.78. The van der Waals surface area contributed by atoms with Crippen molar-refractivity contribution >= 4 is 6.03 Å². The van der Waals surface area contributed by atoms with E-state index in [1.54, 1.807) is 0 Å². The second kappa shape index (κ2) is 9.75. The Hall–Kier alpha value is -3.19. The number of nitrogens with zero attached hydrogens (tertiary/aromatic N) is 4. The number of amides is 2. The van der Waals surface area contributed by atoms with Gasteiger partial charge in [0.05, 0.1) is 19.1 Å². The average molecular weight is 447 g/mol. The van der Waals surface area contributed by atoms with Crippen LogP contribution in [-0.2, 0) is 11.2 Å². The molecule has 0 N–H and O–H groups in total. The number of hydrogen-bond donors (Lipinski definition) is 0. The summed E-state index contributed by atoms with van der Waals surface area (Å²) in [5, 5.41) is 4.23. The molecule has 5 rings (SSSR count). The average Bonchev–Trinajstić information content (AvgIpc) is 3.40. The van der Waals surface area contributed by atoms with Crippen LogP contribution in [-0.4, -0.2) is 65.4 Å². The number of carbonyl (C=O) groups excluding carboxylic acids is 1. The number of morpholine rings is 1. The fourth-order valence-corrected chi connectivity index (χ4v) is 4.76. The van der Waals surface area contributed by atoms with Gasteiger partial charge in [-0.15, -0.1) is 0 Å². The standard InChI is InChI=1S/C26H30N4O3/c1-2-19-8-10-20(11-9-19)22-16-23(18-30(17-22)26(31)29-12-14-32-15-13-29)25-27-24(28-33-25)21-6-4-3-5-7-21/h3-11,22-23H,2,12-18H2,1H3. The molecule has 2 unspecified atom stereocenters. The zero-order chi connectivity index (χ0) is 22.6. The van der Waals surface area contributed by atoms with E-state index in [0.29, 0.717) is 51.1 Å². The van der Waals surface area contributed by atoms with Gasteiger partial charge in [-0.25, -0.2) is 4.79 Å². The van der Waals surface area contributed by atoms with E-state index in [1.165, 1.54) is 11.1 Å². The molecular weight excluding hydrogens is 416 g/mol. The van der Waals surface area contributed by atoms with Crippen molar-refractivity contribution in [2.75, 3.05) is 39.4 Å². The van der Waals surface area contributed by atoms with Gasteiger partial charge in [0.2, 0.25) is 11.7 Å². The number of urea groups is 1. The number of piperidine rings is 1. The molecule has 7 nitrogen and oxygen atoms in total. The molecule has 2 aromatic carbocycles. The highest BCUT2D eigenvalue weighted by molar-refractivity contribution is 5.75. The summed E-state index contributed by atoms with van der Waals surface area (Å²) >= 11 is 0. The lowest BCUT2D eigenvalue weighted by Gasteiger charge is -2.40. The normalized spacial score (nSPS) is 21.2. The topological polar surface area (TPSA) is 71.7 Å². The Morgan fingerprint density at radius 2 is 1.70 bits per heavy atom. The number of hydrogen-bond acceptors (Lipinski definition) is 5. The van der Waals surface area contributed by atoms with Crippen molar-refractivity contribution in [3.63, 3.8) is 0 Å². The fourth-order valence-electron chi connectivity index (χ4n) is 4.76. The molecule has 0 aliphatic carbocycles. The Morgan fingerprint density at radius 1 is 0.970 bits per heavy atom. The van der Waals surface area contributed by atoms with Crippen LogP contribution in [0.3, 0.4) is 0 Å². The lowest BCUT2D eigenvalue weighted by Crippen LogP contribution is -2.52. The SMILES string of the molecule is CCc1ccc(C2CC(c3nc(-c4ccccc4)no3)CN(C(=O)N3CCOCC3)C2)cc1. The highest BCUT2D eigenvalue weighted by Gasteiger charge is 2.36. The number of likely N-dealkylation sites (tertiary alicyclic amines) is 1. The van der Waals surface area contributed by atoms with E-state index in [-0.39, 0.29) is 17.9 Å². The first-order chi connectivity index (χ1) is 16.2. The first kappa shape index (κ1) is 21.6. The quantitative estimate of drug-likeness (QED) is 0.597. The molecule has 2 atom stereocenters. The van der Waals surface area contributed by atoms with Gasteiger partial charge in [0.15, 0.2) is 0 Å². The van der Waals surface area contributed by atoms with Crippen molar-refractivity contribution in [1.82, 2.24) is 19.9 Å². The summed E-state index contributed by atoms with van der Waals surface area (Å²) in [6, 6.07) is 18.7. The van der Waals surface area contributed by atoms with Gasteiger partial charge in [0.1, 0.15) is 0 Å². The number of aryl methyl sites for hydroxylation is 1. The van der Waals surface area contributed by atoms with Gasteiger partial charge in [-0.3, -0.25) is 0 Å². The van der Waals surface area contributed by atoms with Crippen molar-refractivity contribution in [3.05, 3.63) is 71.6 Å². The van der Waals surface area contributed by atoms with Gasteiger partial charge in [-0.2, -0.15) is 4.98 Å². The highest BCUT2D eigenvalue weighted by atomic mass is 16.5. The minimum absolute atomic E-state index is 0.00967. The zero-order valence-corrected chi connectivity index (χ0v) is 19.0. The van der Waals surface area contributed by atoms with Crippen molar-refractivity contribution < 1.29 is 14.1 Å². The summed E-state index contributed by atoms with van der Waals surface area (Å²) in [6.07, 6.45) is 1.88. The molecule has 172 valence electrons. The molecule has 33 heavy (non-hydrogen) atoms. The Kier molecular flexibility index (Phi) is 6.39. The molecule has 0 radical (unpaired) electrons. The summed E-state index contributed by atoms with van der Waals surface area (Å²) in [5.74, 6) is 1.39. The lowest BCUT2D eigenvalue weighted by atomic mass is 9.84. The third-order valence-corrected chi connectivity index (χ3v) is 6.69. The summed E-state index contributed by atoms with van der Waals surface area (Å²) < 4.78 is 11.2. The zero-order valence-electron chi connectivity index (χ0n) is 19.0. The minimum atomic E-state index is -0.00967. The van der Waals surface area contributed by atoms with E-state index < -0.39 is 0 Å². The van der Waals surface area contributed by atoms with Crippen LogP contribution in [0.5, 0.6) is 0 Å². The lowest BCUT2D eigenvalue weighted by molar-refractivity contribution is 0.0392. The fraction of sp³-hybridized carbons (Fsp3) is 0.423. The Labute approximate surface area is 194 Å². The molecule has 2 fully saturated rings. The monoisotopic (exact) mass is 446 g/mol. The number of aromatic nitrogens is 2. The van der Waals surface area contributed by atoms with E-state index in [4.69, 9.17) is 14.2 Å². The van der Waals surface area contributed by atoms with Crippen LogP contribution in [0.25, 0.3) is 11.4 Å². The van der Waals surface area contributed by atoms with Gasteiger partial charge in [-0.05, 0) is 24.0 Å². The van der Waals surface area contributed by atoms with Crippen LogP contribution < -0.4 is 0 Å².